The monoisotopic (exact) mass is 200 g/mol. The molecule has 84 valence electrons. The Balaban J connectivity index is 3.80. The SMILES string of the molecule is CC(C)CC(C)NC(=O)C(C)CCN. The molecule has 3 nitrogen and oxygen atoms in total. The van der Waals surface area contributed by atoms with Crippen LogP contribution in [0.15, 0.2) is 0 Å². The minimum atomic E-state index is 0.0367. The van der Waals surface area contributed by atoms with E-state index in [0.717, 1.165) is 12.8 Å². The Labute approximate surface area is 87.4 Å². The normalized spacial score (nSPS) is 15.3. The summed E-state index contributed by atoms with van der Waals surface area (Å²) >= 11 is 0. The van der Waals surface area contributed by atoms with Crippen LogP contribution in [0.1, 0.15) is 40.5 Å². The molecule has 0 aromatic carbocycles. The maximum atomic E-state index is 11.6. The van der Waals surface area contributed by atoms with Gasteiger partial charge in [-0.1, -0.05) is 20.8 Å². The van der Waals surface area contributed by atoms with Gasteiger partial charge in [0.25, 0.3) is 0 Å². The summed E-state index contributed by atoms with van der Waals surface area (Å²) in [6.45, 7) is 8.86. The first kappa shape index (κ1) is 13.4. The summed E-state index contributed by atoms with van der Waals surface area (Å²) in [7, 11) is 0. The highest BCUT2D eigenvalue weighted by molar-refractivity contribution is 5.78. The van der Waals surface area contributed by atoms with Crippen molar-refractivity contribution >= 4 is 5.91 Å². The number of hydrogen-bond acceptors (Lipinski definition) is 2. The first-order valence-corrected chi connectivity index (χ1v) is 5.47. The van der Waals surface area contributed by atoms with Gasteiger partial charge in [0.2, 0.25) is 5.91 Å². The topological polar surface area (TPSA) is 55.1 Å². The molecule has 0 aromatic heterocycles. The molecule has 0 bridgehead atoms. The fraction of sp³-hybridized carbons (Fsp3) is 0.909. The molecule has 0 saturated heterocycles. The van der Waals surface area contributed by atoms with Crippen LogP contribution in [0.2, 0.25) is 0 Å². The van der Waals surface area contributed by atoms with Crippen molar-refractivity contribution in [2.75, 3.05) is 6.54 Å². The van der Waals surface area contributed by atoms with E-state index in [4.69, 9.17) is 5.73 Å². The van der Waals surface area contributed by atoms with Gasteiger partial charge in [-0.2, -0.15) is 0 Å². The van der Waals surface area contributed by atoms with E-state index in [1.807, 2.05) is 13.8 Å². The van der Waals surface area contributed by atoms with E-state index in [1.165, 1.54) is 0 Å². The second kappa shape index (κ2) is 6.82. The maximum Gasteiger partial charge on any atom is 0.223 e. The summed E-state index contributed by atoms with van der Waals surface area (Å²) in [5.41, 5.74) is 5.40. The van der Waals surface area contributed by atoms with Gasteiger partial charge in [0.05, 0.1) is 0 Å². The molecule has 2 unspecified atom stereocenters. The number of nitrogens with two attached hydrogens (primary N) is 1. The number of nitrogens with one attached hydrogen (secondary N) is 1. The zero-order valence-corrected chi connectivity index (χ0v) is 9.84. The van der Waals surface area contributed by atoms with Gasteiger partial charge in [0.15, 0.2) is 0 Å². The van der Waals surface area contributed by atoms with Crippen LogP contribution in [-0.4, -0.2) is 18.5 Å². The van der Waals surface area contributed by atoms with Crippen molar-refractivity contribution in [1.82, 2.24) is 5.32 Å². The van der Waals surface area contributed by atoms with Crippen LogP contribution in [0.25, 0.3) is 0 Å². The average molecular weight is 200 g/mol. The van der Waals surface area contributed by atoms with Gasteiger partial charge in [0, 0.05) is 12.0 Å². The van der Waals surface area contributed by atoms with Crippen molar-refractivity contribution in [1.29, 1.82) is 0 Å². The molecular formula is C11H24N2O. The molecule has 2 atom stereocenters. The van der Waals surface area contributed by atoms with Crippen molar-refractivity contribution in [3.63, 3.8) is 0 Å². The molecule has 1 amide bonds. The summed E-state index contributed by atoms with van der Waals surface area (Å²) in [5, 5.41) is 3.00. The third-order valence-corrected chi connectivity index (χ3v) is 2.26. The Hall–Kier alpha value is -0.570. The Bertz CT molecular complexity index is 169. The highest BCUT2D eigenvalue weighted by Gasteiger charge is 2.14. The fourth-order valence-corrected chi connectivity index (χ4v) is 1.53. The largest absolute Gasteiger partial charge is 0.353 e. The van der Waals surface area contributed by atoms with Crippen LogP contribution >= 0.6 is 0 Å². The van der Waals surface area contributed by atoms with E-state index in [-0.39, 0.29) is 17.9 Å². The molecule has 0 aromatic rings. The van der Waals surface area contributed by atoms with Crippen LogP contribution in [-0.2, 0) is 4.79 Å². The minimum absolute atomic E-state index is 0.0367. The number of hydrogen-bond donors (Lipinski definition) is 2. The summed E-state index contributed by atoms with van der Waals surface area (Å²) in [6, 6.07) is 0.266. The van der Waals surface area contributed by atoms with E-state index in [9.17, 15) is 4.79 Å². The summed E-state index contributed by atoms with van der Waals surface area (Å²) < 4.78 is 0. The Morgan fingerprint density at radius 3 is 2.29 bits per heavy atom. The number of amides is 1. The van der Waals surface area contributed by atoms with Crippen LogP contribution in [0.4, 0.5) is 0 Å². The van der Waals surface area contributed by atoms with Crippen molar-refractivity contribution < 1.29 is 4.79 Å². The van der Waals surface area contributed by atoms with Gasteiger partial charge in [-0.3, -0.25) is 4.79 Å². The number of carbonyl (C=O) groups is 1. The van der Waals surface area contributed by atoms with Crippen LogP contribution in [0.5, 0.6) is 0 Å². The second-order valence-electron chi connectivity index (χ2n) is 4.52. The third kappa shape index (κ3) is 5.97. The molecule has 0 aliphatic carbocycles. The minimum Gasteiger partial charge on any atom is -0.353 e. The van der Waals surface area contributed by atoms with Crippen molar-refractivity contribution in [3.8, 4) is 0 Å². The summed E-state index contributed by atoms with van der Waals surface area (Å²) in [6.07, 6.45) is 1.79. The van der Waals surface area contributed by atoms with Crippen LogP contribution in [0.3, 0.4) is 0 Å². The lowest BCUT2D eigenvalue weighted by Crippen LogP contribution is -2.37. The lowest BCUT2D eigenvalue weighted by atomic mass is 10.0. The third-order valence-electron chi connectivity index (χ3n) is 2.26. The predicted molar refractivity (Wildman–Crippen MR) is 59.9 cm³/mol. The quantitative estimate of drug-likeness (QED) is 0.683. The smallest absolute Gasteiger partial charge is 0.223 e. The fourth-order valence-electron chi connectivity index (χ4n) is 1.53. The molecule has 3 N–H and O–H groups in total. The first-order chi connectivity index (χ1) is 6.47. The molecule has 0 fully saturated rings. The van der Waals surface area contributed by atoms with Gasteiger partial charge in [0.1, 0.15) is 0 Å². The van der Waals surface area contributed by atoms with Gasteiger partial charge in [-0.15, -0.1) is 0 Å². The zero-order valence-electron chi connectivity index (χ0n) is 9.84. The van der Waals surface area contributed by atoms with E-state index in [1.54, 1.807) is 0 Å². The van der Waals surface area contributed by atoms with Crippen molar-refractivity contribution in [2.24, 2.45) is 17.6 Å². The van der Waals surface area contributed by atoms with E-state index in [0.29, 0.717) is 12.5 Å². The summed E-state index contributed by atoms with van der Waals surface area (Å²) in [4.78, 5) is 11.6. The van der Waals surface area contributed by atoms with Gasteiger partial charge in [-0.05, 0) is 32.2 Å². The van der Waals surface area contributed by atoms with Crippen LogP contribution in [0, 0.1) is 11.8 Å². The predicted octanol–water partition coefficient (Wildman–Crippen LogP) is 1.52. The number of rotatable bonds is 6. The zero-order chi connectivity index (χ0) is 11.1. The second-order valence-corrected chi connectivity index (χ2v) is 4.52. The molecule has 3 heteroatoms. The van der Waals surface area contributed by atoms with Gasteiger partial charge >= 0.3 is 0 Å². The van der Waals surface area contributed by atoms with Crippen LogP contribution < -0.4 is 11.1 Å². The Morgan fingerprint density at radius 2 is 1.86 bits per heavy atom. The lowest BCUT2D eigenvalue weighted by molar-refractivity contribution is -0.125. The highest BCUT2D eigenvalue weighted by atomic mass is 16.1. The maximum absolute atomic E-state index is 11.6. The highest BCUT2D eigenvalue weighted by Crippen LogP contribution is 2.06. The van der Waals surface area contributed by atoms with E-state index >= 15 is 0 Å². The molecule has 0 aliphatic rings. The average Bonchev–Trinajstić information content (AvgIpc) is 2.02. The molecule has 0 rings (SSSR count). The van der Waals surface area contributed by atoms with E-state index < -0.39 is 0 Å². The molecular weight excluding hydrogens is 176 g/mol. The Kier molecular flexibility index (Phi) is 6.54. The molecule has 0 aliphatic heterocycles. The van der Waals surface area contributed by atoms with Gasteiger partial charge in [-0.25, -0.2) is 0 Å². The molecule has 0 saturated carbocycles. The first-order valence-electron chi connectivity index (χ1n) is 5.47. The van der Waals surface area contributed by atoms with Crippen molar-refractivity contribution in [3.05, 3.63) is 0 Å². The summed E-state index contributed by atoms with van der Waals surface area (Å²) in [5.74, 6) is 0.785. The number of carbonyl (C=O) groups excluding carboxylic acids is 1. The molecule has 0 spiro atoms. The molecule has 0 radical (unpaired) electrons. The molecule has 0 heterocycles. The van der Waals surface area contributed by atoms with E-state index in [2.05, 4.69) is 19.2 Å². The van der Waals surface area contributed by atoms with Crippen molar-refractivity contribution in [2.45, 2.75) is 46.6 Å². The Morgan fingerprint density at radius 1 is 1.29 bits per heavy atom. The van der Waals surface area contributed by atoms with Gasteiger partial charge < -0.3 is 11.1 Å². The molecule has 14 heavy (non-hydrogen) atoms. The standard InChI is InChI=1S/C11H24N2O/c1-8(2)7-10(4)13-11(14)9(3)5-6-12/h8-10H,5-7,12H2,1-4H3,(H,13,14). The lowest BCUT2D eigenvalue weighted by Gasteiger charge is -2.18.